The van der Waals surface area contributed by atoms with Gasteiger partial charge in [0.05, 0.1) is 15.0 Å². The zero-order valence-corrected chi connectivity index (χ0v) is 18.8. The summed E-state index contributed by atoms with van der Waals surface area (Å²) >= 11 is 3.12. The van der Waals surface area contributed by atoms with Crippen LogP contribution in [0.25, 0.3) is 16.8 Å². The molecule has 0 N–H and O–H groups in total. The van der Waals surface area contributed by atoms with Crippen molar-refractivity contribution in [3.63, 3.8) is 0 Å². The first kappa shape index (κ1) is 20.5. The third-order valence-corrected chi connectivity index (χ3v) is 6.40. The third-order valence-electron chi connectivity index (χ3n) is 4.65. The monoisotopic (exact) mass is 525 g/mol. The van der Waals surface area contributed by atoms with Crippen molar-refractivity contribution in [2.45, 2.75) is 6.54 Å². The number of nitrogens with zero attached hydrogens (tertiary/aromatic N) is 1. The van der Waals surface area contributed by atoms with Gasteiger partial charge in [0, 0.05) is 0 Å². The third kappa shape index (κ3) is 4.23. The second-order valence-corrected chi connectivity index (χ2v) is 8.74. The molecule has 0 aromatic heterocycles. The van der Waals surface area contributed by atoms with Gasteiger partial charge in [0.15, 0.2) is 0 Å². The molecule has 0 bridgehead atoms. The molecule has 0 saturated carbocycles. The number of benzene rings is 3. The molecule has 0 atom stereocenters. The Morgan fingerprint density at radius 3 is 2.70 bits per heavy atom. The highest BCUT2D eigenvalue weighted by Crippen LogP contribution is 2.35. The molecule has 1 fully saturated rings. The number of carbonyl (C=O) groups excluding carboxylic acids is 2. The van der Waals surface area contributed by atoms with E-state index in [1.54, 1.807) is 6.08 Å². The van der Waals surface area contributed by atoms with Crippen molar-refractivity contribution in [3.05, 3.63) is 80.3 Å². The fraction of sp³-hybridized carbons (Fsp3) is 0.0833. The summed E-state index contributed by atoms with van der Waals surface area (Å²) in [6.07, 6.45) is 6.97. The predicted octanol–water partition coefficient (Wildman–Crippen LogP) is 5.69. The van der Waals surface area contributed by atoms with Gasteiger partial charge in [0.1, 0.15) is 12.4 Å². The molecule has 148 valence electrons. The van der Waals surface area contributed by atoms with Crippen LogP contribution in [0.5, 0.6) is 5.75 Å². The van der Waals surface area contributed by atoms with Crippen LogP contribution < -0.4 is 4.74 Å². The maximum Gasteiger partial charge on any atom is 0.293 e. The number of rotatable bonds is 5. The van der Waals surface area contributed by atoms with Crippen LogP contribution in [0.1, 0.15) is 11.1 Å². The lowest BCUT2D eigenvalue weighted by molar-refractivity contribution is -0.123. The SMILES string of the molecule is C#CCOc1ccc(/C=C2/SC(=O)N(Cc3cccc4ccccc34)C2=O)cc1I. The molecule has 2 amide bonds. The molecule has 1 saturated heterocycles. The second kappa shape index (κ2) is 8.94. The number of ether oxygens (including phenoxy) is 1. The van der Waals surface area contributed by atoms with E-state index in [0.29, 0.717) is 10.7 Å². The van der Waals surface area contributed by atoms with Crippen molar-refractivity contribution < 1.29 is 14.3 Å². The first-order valence-electron chi connectivity index (χ1n) is 9.14. The summed E-state index contributed by atoms with van der Waals surface area (Å²) in [4.78, 5) is 27.2. The van der Waals surface area contributed by atoms with Gasteiger partial charge in [-0.1, -0.05) is 54.5 Å². The van der Waals surface area contributed by atoms with Crippen LogP contribution in [0.3, 0.4) is 0 Å². The Kier molecular flexibility index (Phi) is 6.11. The number of amides is 2. The lowest BCUT2D eigenvalue weighted by Crippen LogP contribution is -2.27. The van der Waals surface area contributed by atoms with E-state index in [2.05, 4.69) is 28.5 Å². The van der Waals surface area contributed by atoms with Gasteiger partial charge in [0.25, 0.3) is 11.1 Å². The highest BCUT2D eigenvalue weighted by Gasteiger charge is 2.35. The number of hydrogen-bond acceptors (Lipinski definition) is 4. The van der Waals surface area contributed by atoms with Gasteiger partial charge in [-0.3, -0.25) is 14.5 Å². The largest absolute Gasteiger partial charge is 0.480 e. The van der Waals surface area contributed by atoms with Gasteiger partial charge < -0.3 is 4.74 Å². The number of imide groups is 1. The van der Waals surface area contributed by atoms with Crippen molar-refractivity contribution >= 4 is 62.3 Å². The quantitative estimate of drug-likeness (QED) is 0.244. The molecule has 1 aliphatic rings. The number of thioether (sulfide) groups is 1. The Labute approximate surface area is 192 Å². The van der Waals surface area contributed by atoms with Crippen molar-refractivity contribution in [1.82, 2.24) is 4.90 Å². The lowest BCUT2D eigenvalue weighted by atomic mass is 10.0. The summed E-state index contributed by atoms with van der Waals surface area (Å²) < 4.78 is 6.35. The van der Waals surface area contributed by atoms with Crippen LogP contribution in [0, 0.1) is 15.9 Å². The van der Waals surface area contributed by atoms with Crippen molar-refractivity contribution in [2.24, 2.45) is 0 Å². The first-order valence-corrected chi connectivity index (χ1v) is 11.0. The van der Waals surface area contributed by atoms with E-state index in [0.717, 1.165) is 37.2 Å². The highest BCUT2D eigenvalue weighted by atomic mass is 127. The van der Waals surface area contributed by atoms with E-state index < -0.39 is 0 Å². The fourth-order valence-corrected chi connectivity index (χ4v) is 4.77. The van der Waals surface area contributed by atoms with Gasteiger partial charge in [0.2, 0.25) is 0 Å². The van der Waals surface area contributed by atoms with Crippen LogP contribution in [0.15, 0.2) is 65.6 Å². The standard InChI is InChI=1S/C24H16INO3S/c1-2-12-29-21-11-10-16(13-20(21)25)14-22-23(27)26(24(28)30-22)15-18-8-5-7-17-6-3-4-9-19(17)18/h1,3-11,13-14H,12,15H2/b22-14+. The molecule has 1 heterocycles. The van der Waals surface area contributed by atoms with E-state index in [1.165, 1.54) is 4.90 Å². The molecule has 0 unspecified atom stereocenters. The van der Waals surface area contributed by atoms with Crippen LogP contribution in [-0.4, -0.2) is 22.7 Å². The minimum atomic E-state index is -0.277. The van der Waals surface area contributed by atoms with Gasteiger partial charge in [-0.25, -0.2) is 0 Å². The summed E-state index contributed by atoms with van der Waals surface area (Å²) in [5.41, 5.74) is 1.77. The number of fused-ring (bicyclic) bond motifs is 1. The number of carbonyl (C=O) groups is 2. The Balaban J connectivity index is 1.57. The molecule has 0 aliphatic carbocycles. The first-order chi connectivity index (χ1) is 14.6. The highest BCUT2D eigenvalue weighted by molar-refractivity contribution is 14.1. The summed E-state index contributed by atoms with van der Waals surface area (Å²) in [5, 5.41) is 1.86. The van der Waals surface area contributed by atoms with Crippen molar-refractivity contribution in [2.75, 3.05) is 6.61 Å². The van der Waals surface area contributed by atoms with Crippen LogP contribution in [0.4, 0.5) is 4.79 Å². The molecular formula is C24H16INO3S. The summed E-state index contributed by atoms with van der Waals surface area (Å²) in [6.45, 7) is 0.447. The maximum absolute atomic E-state index is 12.9. The Morgan fingerprint density at radius 1 is 1.10 bits per heavy atom. The summed E-state index contributed by atoms with van der Waals surface area (Å²) in [7, 11) is 0. The zero-order valence-electron chi connectivity index (χ0n) is 15.8. The fourth-order valence-electron chi connectivity index (χ4n) is 3.23. The van der Waals surface area contributed by atoms with E-state index in [1.807, 2.05) is 60.7 Å². The maximum atomic E-state index is 12.9. The molecule has 30 heavy (non-hydrogen) atoms. The normalized spacial score (nSPS) is 15.1. The second-order valence-electron chi connectivity index (χ2n) is 6.59. The van der Waals surface area contributed by atoms with Crippen LogP contribution in [-0.2, 0) is 11.3 Å². The van der Waals surface area contributed by atoms with Crippen molar-refractivity contribution in [1.29, 1.82) is 0 Å². The van der Waals surface area contributed by atoms with E-state index in [-0.39, 0.29) is 24.3 Å². The Hall–Kier alpha value is -2.76. The minimum Gasteiger partial charge on any atom is -0.480 e. The Bertz CT molecular complexity index is 1220. The number of halogens is 1. The van der Waals surface area contributed by atoms with Crippen molar-refractivity contribution in [3.8, 4) is 18.1 Å². The van der Waals surface area contributed by atoms with E-state index in [9.17, 15) is 9.59 Å². The minimum absolute atomic E-state index is 0.197. The van der Waals surface area contributed by atoms with Gasteiger partial charge in [-0.05, 0) is 74.5 Å². The number of terminal acetylenes is 1. The molecular weight excluding hydrogens is 509 g/mol. The van der Waals surface area contributed by atoms with Gasteiger partial charge >= 0.3 is 0 Å². The molecule has 0 radical (unpaired) electrons. The molecule has 3 aromatic rings. The molecule has 3 aromatic carbocycles. The topological polar surface area (TPSA) is 46.6 Å². The van der Waals surface area contributed by atoms with E-state index in [4.69, 9.17) is 11.2 Å². The van der Waals surface area contributed by atoms with Crippen LogP contribution in [0.2, 0.25) is 0 Å². The molecule has 6 heteroatoms. The predicted molar refractivity (Wildman–Crippen MR) is 129 cm³/mol. The molecule has 1 aliphatic heterocycles. The smallest absolute Gasteiger partial charge is 0.293 e. The number of hydrogen-bond donors (Lipinski definition) is 0. The van der Waals surface area contributed by atoms with Gasteiger partial charge in [-0.15, -0.1) is 6.42 Å². The van der Waals surface area contributed by atoms with Gasteiger partial charge in [-0.2, -0.15) is 0 Å². The van der Waals surface area contributed by atoms with E-state index >= 15 is 0 Å². The molecule has 4 nitrogen and oxygen atoms in total. The molecule has 0 spiro atoms. The Morgan fingerprint density at radius 2 is 1.90 bits per heavy atom. The summed E-state index contributed by atoms with van der Waals surface area (Å²) in [5.74, 6) is 2.85. The summed E-state index contributed by atoms with van der Waals surface area (Å²) in [6, 6.07) is 19.4. The zero-order chi connectivity index (χ0) is 21.1. The lowest BCUT2D eigenvalue weighted by Gasteiger charge is -2.14. The molecule has 4 rings (SSSR count). The van der Waals surface area contributed by atoms with Crippen LogP contribution >= 0.6 is 34.4 Å². The average Bonchev–Trinajstić information content (AvgIpc) is 3.01. The average molecular weight is 525 g/mol.